The van der Waals surface area contributed by atoms with Crippen molar-refractivity contribution >= 4 is 12.0 Å². The lowest BCUT2D eigenvalue weighted by molar-refractivity contribution is 0.104. The molecule has 0 aliphatic heterocycles. The molecule has 0 aliphatic carbocycles. The molecule has 0 saturated carbocycles. The van der Waals surface area contributed by atoms with Gasteiger partial charge in [-0.3, -0.25) is 4.79 Å². The van der Waals surface area contributed by atoms with E-state index in [1.165, 1.54) is 0 Å². The Morgan fingerprint density at radius 3 is 2.47 bits per heavy atom. The van der Waals surface area contributed by atoms with Crippen molar-refractivity contribution in [2.45, 2.75) is 13.8 Å². The van der Waals surface area contributed by atoms with Crippen LogP contribution < -0.4 is 5.36 Å². The minimum atomic E-state index is -0.0139. The molecule has 1 heterocycles. The molecule has 0 unspecified atom stereocenters. The average molecular weight is 252 g/mol. The van der Waals surface area contributed by atoms with Crippen LogP contribution in [0.1, 0.15) is 21.5 Å². The van der Waals surface area contributed by atoms with Crippen molar-refractivity contribution in [2.24, 2.45) is 0 Å². The predicted molar refractivity (Wildman–Crippen MR) is 75.9 cm³/mol. The number of carbonyl (C=O) groups is 1. The van der Waals surface area contributed by atoms with Gasteiger partial charge in [0.25, 0.3) is 0 Å². The van der Waals surface area contributed by atoms with E-state index in [1.807, 2.05) is 32.0 Å². The van der Waals surface area contributed by atoms with E-state index in [-0.39, 0.29) is 5.78 Å². The number of pyridine rings is 1. The van der Waals surface area contributed by atoms with E-state index in [2.05, 4.69) is 0 Å². The summed E-state index contributed by atoms with van der Waals surface area (Å²) < 4.78 is 1.75. The molecule has 0 atom stereocenters. The van der Waals surface area contributed by atoms with Crippen LogP contribution in [-0.4, -0.2) is 10.4 Å². The highest BCUT2D eigenvalue weighted by atomic mass is 16.1. The van der Waals surface area contributed by atoms with Crippen molar-refractivity contribution in [3.05, 3.63) is 70.8 Å². The zero-order valence-electron chi connectivity index (χ0n) is 11.1. The number of hydrogen-bond donors (Lipinski definition) is 1. The summed E-state index contributed by atoms with van der Waals surface area (Å²) in [6.45, 7) is 3.95. The molecule has 1 aromatic carbocycles. The van der Waals surface area contributed by atoms with Crippen LogP contribution in [0.15, 0.2) is 48.8 Å². The van der Waals surface area contributed by atoms with Gasteiger partial charge in [-0.1, -0.05) is 23.8 Å². The number of hydrogen-bond acceptors (Lipinski definition) is 2. The Balaban J connectivity index is 2.21. The number of rotatable bonds is 3. The smallest absolute Gasteiger partial charge is 0.187 e. The summed E-state index contributed by atoms with van der Waals surface area (Å²) >= 11 is 0. The maximum atomic E-state index is 12.1. The number of nitrogens with zero attached hydrogens (tertiary/aromatic N) is 1. The first kappa shape index (κ1) is 13.0. The fraction of sp³-hybridized carbons (Fsp3) is 0.125. The first-order valence-corrected chi connectivity index (χ1v) is 6.08. The molecule has 0 bridgehead atoms. The summed E-state index contributed by atoms with van der Waals surface area (Å²) in [5.41, 5.74) is 2.86. The number of aryl methyl sites for hydroxylation is 2. The SMILES string of the molecule is Cc1ccc(C(=O)/C=C/n2ccc(=N)cc2)c(C)c1. The number of aromatic nitrogens is 1. The lowest BCUT2D eigenvalue weighted by atomic mass is 10.0. The van der Waals surface area contributed by atoms with E-state index in [1.54, 1.807) is 41.4 Å². The second-order valence-electron chi connectivity index (χ2n) is 4.53. The van der Waals surface area contributed by atoms with Crippen LogP contribution in [0.2, 0.25) is 0 Å². The molecular formula is C16H16N2O. The molecule has 3 nitrogen and oxygen atoms in total. The molecule has 0 radical (unpaired) electrons. The number of allylic oxidation sites excluding steroid dienone is 1. The van der Waals surface area contributed by atoms with Gasteiger partial charge in [0.2, 0.25) is 0 Å². The van der Waals surface area contributed by atoms with Crippen molar-refractivity contribution in [3.63, 3.8) is 0 Å². The van der Waals surface area contributed by atoms with E-state index < -0.39 is 0 Å². The van der Waals surface area contributed by atoms with Crippen LogP contribution in [0.3, 0.4) is 0 Å². The van der Waals surface area contributed by atoms with Gasteiger partial charge in [0.05, 0.1) is 5.36 Å². The third-order valence-corrected chi connectivity index (χ3v) is 2.90. The van der Waals surface area contributed by atoms with Gasteiger partial charge in [0.15, 0.2) is 5.78 Å². The molecule has 3 heteroatoms. The van der Waals surface area contributed by atoms with Gasteiger partial charge in [0.1, 0.15) is 0 Å². The molecule has 0 saturated heterocycles. The van der Waals surface area contributed by atoms with E-state index >= 15 is 0 Å². The number of carbonyl (C=O) groups excluding carboxylic acids is 1. The van der Waals surface area contributed by atoms with Crippen molar-refractivity contribution in [1.82, 2.24) is 4.57 Å². The molecular weight excluding hydrogens is 236 g/mol. The molecule has 2 aromatic rings. The fourth-order valence-electron chi connectivity index (χ4n) is 1.87. The molecule has 0 fully saturated rings. The molecule has 2 rings (SSSR count). The van der Waals surface area contributed by atoms with Crippen LogP contribution in [0.5, 0.6) is 0 Å². The van der Waals surface area contributed by atoms with Gasteiger partial charge >= 0.3 is 0 Å². The lowest BCUT2D eigenvalue weighted by Gasteiger charge is -2.03. The van der Waals surface area contributed by atoms with Crippen LogP contribution in [0.4, 0.5) is 0 Å². The second-order valence-corrected chi connectivity index (χ2v) is 4.53. The highest BCUT2D eigenvalue weighted by Crippen LogP contribution is 2.11. The molecule has 0 amide bonds. The van der Waals surface area contributed by atoms with Crippen molar-refractivity contribution in [1.29, 1.82) is 5.41 Å². The summed E-state index contributed by atoms with van der Waals surface area (Å²) in [5, 5.41) is 7.84. The van der Waals surface area contributed by atoms with Crippen molar-refractivity contribution < 1.29 is 4.79 Å². The maximum Gasteiger partial charge on any atom is 0.187 e. The van der Waals surface area contributed by atoms with Crippen LogP contribution in [0, 0.1) is 19.3 Å². The summed E-state index contributed by atoms with van der Waals surface area (Å²) in [5.74, 6) is -0.0139. The minimum absolute atomic E-state index is 0.0139. The zero-order valence-corrected chi connectivity index (χ0v) is 11.1. The third kappa shape index (κ3) is 3.28. The van der Waals surface area contributed by atoms with Crippen LogP contribution in [-0.2, 0) is 0 Å². The zero-order chi connectivity index (χ0) is 13.8. The first-order chi connectivity index (χ1) is 9.06. The Morgan fingerprint density at radius 2 is 1.84 bits per heavy atom. The van der Waals surface area contributed by atoms with Crippen LogP contribution >= 0.6 is 0 Å². The summed E-state index contributed by atoms with van der Waals surface area (Å²) in [7, 11) is 0. The van der Waals surface area contributed by atoms with Gasteiger partial charge in [-0.15, -0.1) is 0 Å². The molecule has 0 aliphatic rings. The van der Waals surface area contributed by atoms with Crippen LogP contribution in [0.25, 0.3) is 6.20 Å². The Bertz CT molecular complexity index is 676. The number of ketones is 1. The van der Waals surface area contributed by atoms with E-state index in [9.17, 15) is 4.79 Å². The summed E-state index contributed by atoms with van der Waals surface area (Å²) in [6.07, 6.45) is 6.73. The molecule has 96 valence electrons. The Hall–Kier alpha value is -2.42. The van der Waals surface area contributed by atoms with Gasteiger partial charge in [-0.2, -0.15) is 0 Å². The monoisotopic (exact) mass is 252 g/mol. The van der Waals surface area contributed by atoms with Gasteiger partial charge in [0, 0.05) is 30.2 Å². The van der Waals surface area contributed by atoms with Gasteiger partial charge in [-0.05, 0) is 31.5 Å². The normalized spacial score (nSPS) is 10.8. The van der Waals surface area contributed by atoms with Gasteiger partial charge < -0.3 is 9.98 Å². The van der Waals surface area contributed by atoms with Crippen molar-refractivity contribution in [2.75, 3.05) is 0 Å². The van der Waals surface area contributed by atoms with Crippen molar-refractivity contribution in [3.8, 4) is 0 Å². The quantitative estimate of drug-likeness (QED) is 0.662. The molecule has 0 spiro atoms. The molecule has 19 heavy (non-hydrogen) atoms. The Kier molecular flexibility index (Phi) is 3.76. The second kappa shape index (κ2) is 5.48. The molecule has 1 aromatic heterocycles. The molecule has 1 N–H and O–H groups in total. The Labute approximate surface area is 112 Å². The Morgan fingerprint density at radius 1 is 1.16 bits per heavy atom. The standard InChI is InChI=1S/C16H16N2O/c1-12-3-4-15(13(2)11-12)16(19)7-10-18-8-5-14(17)6-9-18/h3-11,17H,1-2H3/b10-7+. The van der Waals surface area contributed by atoms with E-state index in [4.69, 9.17) is 5.41 Å². The highest BCUT2D eigenvalue weighted by molar-refractivity contribution is 6.07. The highest BCUT2D eigenvalue weighted by Gasteiger charge is 2.05. The summed E-state index contributed by atoms with van der Waals surface area (Å²) in [4.78, 5) is 12.1. The maximum absolute atomic E-state index is 12.1. The van der Waals surface area contributed by atoms with E-state index in [0.29, 0.717) is 5.36 Å². The van der Waals surface area contributed by atoms with E-state index in [0.717, 1.165) is 16.7 Å². The number of benzene rings is 1. The third-order valence-electron chi connectivity index (χ3n) is 2.90. The summed E-state index contributed by atoms with van der Waals surface area (Å²) in [6, 6.07) is 9.14. The first-order valence-electron chi connectivity index (χ1n) is 6.08. The van der Waals surface area contributed by atoms with Gasteiger partial charge in [-0.25, -0.2) is 0 Å². The predicted octanol–water partition coefficient (Wildman–Crippen LogP) is 2.94. The lowest BCUT2D eigenvalue weighted by Crippen LogP contribution is -2.01. The number of nitrogens with one attached hydrogen (secondary N) is 1. The topological polar surface area (TPSA) is 45.9 Å². The minimum Gasteiger partial charge on any atom is -0.330 e. The fourth-order valence-corrected chi connectivity index (χ4v) is 1.87. The largest absolute Gasteiger partial charge is 0.330 e. The average Bonchev–Trinajstić information content (AvgIpc) is 2.37.